The van der Waals surface area contributed by atoms with E-state index < -0.39 is 11.9 Å². The summed E-state index contributed by atoms with van der Waals surface area (Å²) >= 11 is 0. The Morgan fingerprint density at radius 2 is 2.12 bits per heavy atom. The lowest BCUT2D eigenvalue weighted by atomic mass is 9.99. The number of aliphatic hydroxyl groups excluding tert-OH is 1. The summed E-state index contributed by atoms with van der Waals surface area (Å²) in [4.78, 5) is 11.7. The van der Waals surface area contributed by atoms with Crippen molar-refractivity contribution in [2.75, 3.05) is 6.61 Å². The number of carbonyl (C=O) groups is 1. The van der Waals surface area contributed by atoms with Crippen molar-refractivity contribution >= 4 is 5.78 Å². The minimum atomic E-state index is -1.13. The number of ether oxygens (including phenoxy) is 2. The second kappa shape index (κ2) is 4.69. The second-order valence-electron chi connectivity index (χ2n) is 4.06. The van der Waals surface area contributed by atoms with Gasteiger partial charge in [-0.25, -0.2) is 0 Å². The van der Waals surface area contributed by atoms with Crippen molar-refractivity contribution < 1.29 is 19.4 Å². The van der Waals surface area contributed by atoms with Gasteiger partial charge in [0.1, 0.15) is 12.4 Å². The minimum Gasteiger partial charge on any atom is -0.490 e. The van der Waals surface area contributed by atoms with Crippen molar-refractivity contribution in [2.24, 2.45) is 0 Å². The first-order valence-electron chi connectivity index (χ1n) is 5.36. The maximum absolute atomic E-state index is 11.7. The molecule has 0 bridgehead atoms. The van der Waals surface area contributed by atoms with Gasteiger partial charge >= 0.3 is 0 Å². The van der Waals surface area contributed by atoms with Gasteiger partial charge in [0, 0.05) is 0 Å². The molecular weight excluding hydrogens is 220 g/mol. The van der Waals surface area contributed by atoms with Crippen molar-refractivity contribution in [3.63, 3.8) is 0 Å². The molecule has 0 saturated heterocycles. The van der Waals surface area contributed by atoms with Crippen LogP contribution >= 0.6 is 0 Å². The molecule has 1 heterocycles. The SMILES string of the molecule is CC1(COc2ccccc2)OC(O)C=CC1=O. The third-order valence-electron chi connectivity index (χ3n) is 2.57. The highest BCUT2D eigenvalue weighted by atomic mass is 16.6. The molecule has 0 spiro atoms. The van der Waals surface area contributed by atoms with Crippen LogP contribution in [0.15, 0.2) is 42.5 Å². The number of rotatable bonds is 3. The van der Waals surface area contributed by atoms with E-state index in [0.717, 1.165) is 0 Å². The van der Waals surface area contributed by atoms with Crippen LogP contribution in [0.1, 0.15) is 6.92 Å². The van der Waals surface area contributed by atoms with Crippen LogP contribution < -0.4 is 4.74 Å². The fraction of sp³-hybridized carbons (Fsp3) is 0.308. The van der Waals surface area contributed by atoms with Crippen LogP contribution in [0.4, 0.5) is 0 Å². The number of hydrogen-bond acceptors (Lipinski definition) is 4. The monoisotopic (exact) mass is 234 g/mol. The standard InChI is InChI=1S/C13H14O4/c1-13(11(14)7-8-12(15)17-13)9-16-10-5-3-2-4-6-10/h2-8,12,15H,9H2,1H3. The van der Waals surface area contributed by atoms with Crippen LogP contribution in [0.2, 0.25) is 0 Å². The summed E-state index contributed by atoms with van der Waals surface area (Å²) < 4.78 is 10.7. The molecule has 2 atom stereocenters. The van der Waals surface area contributed by atoms with Crippen molar-refractivity contribution in [1.82, 2.24) is 0 Å². The summed E-state index contributed by atoms with van der Waals surface area (Å²) in [6.45, 7) is 1.67. The van der Waals surface area contributed by atoms with E-state index in [4.69, 9.17) is 9.47 Å². The predicted octanol–water partition coefficient (Wildman–Crippen LogP) is 1.30. The molecule has 0 saturated carbocycles. The van der Waals surface area contributed by atoms with Gasteiger partial charge in [-0.3, -0.25) is 4.79 Å². The summed E-state index contributed by atoms with van der Waals surface area (Å²) in [7, 11) is 0. The van der Waals surface area contributed by atoms with Crippen LogP contribution in [-0.2, 0) is 9.53 Å². The van der Waals surface area contributed by atoms with E-state index in [1.54, 1.807) is 19.1 Å². The second-order valence-corrected chi connectivity index (χ2v) is 4.06. The molecule has 1 aromatic rings. The van der Waals surface area contributed by atoms with Gasteiger partial charge in [-0.2, -0.15) is 0 Å². The zero-order chi connectivity index (χ0) is 12.3. The van der Waals surface area contributed by atoms with E-state index in [2.05, 4.69) is 0 Å². The molecule has 1 aromatic carbocycles. The molecule has 0 radical (unpaired) electrons. The molecule has 4 heteroatoms. The Balaban J connectivity index is 2.03. The largest absolute Gasteiger partial charge is 0.490 e. The highest BCUT2D eigenvalue weighted by Gasteiger charge is 2.38. The Hall–Kier alpha value is -1.65. The lowest BCUT2D eigenvalue weighted by Crippen LogP contribution is -2.48. The molecule has 90 valence electrons. The minimum absolute atomic E-state index is 0.0667. The summed E-state index contributed by atoms with van der Waals surface area (Å²) in [5.74, 6) is 0.452. The van der Waals surface area contributed by atoms with Gasteiger partial charge in [0.05, 0.1) is 0 Å². The van der Waals surface area contributed by atoms with Crippen molar-refractivity contribution in [3.8, 4) is 5.75 Å². The normalized spacial score (nSPS) is 28.1. The fourth-order valence-corrected chi connectivity index (χ4v) is 1.55. The van der Waals surface area contributed by atoms with E-state index in [-0.39, 0.29) is 12.4 Å². The molecule has 1 N–H and O–H groups in total. The van der Waals surface area contributed by atoms with E-state index in [1.807, 2.05) is 18.2 Å². The van der Waals surface area contributed by atoms with Crippen LogP contribution in [-0.4, -0.2) is 29.4 Å². The van der Waals surface area contributed by atoms with Crippen LogP contribution in [0, 0.1) is 0 Å². The van der Waals surface area contributed by atoms with Gasteiger partial charge in [0.2, 0.25) is 0 Å². The maximum atomic E-state index is 11.7. The van der Waals surface area contributed by atoms with Gasteiger partial charge in [-0.05, 0) is 31.2 Å². The number of benzene rings is 1. The number of hydrogen-bond donors (Lipinski definition) is 1. The first-order chi connectivity index (χ1) is 8.10. The lowest BCUT2D eigenvalue weighted by Gasteiger charge is -2.31. The quantitative estimate of drug-likeness (QED) is 0.856. The Morgan fingerprint density at radius 1 is 1.41 bits per heavy atom. The van der Waals surface area contributed by atoms with Gasteiger partial charge in [-0.1, -0.05) is 18.2 Å². The number of para-hydroxylation sites is 1. The highest BCUT2D eigenvalue weighted by Crippen LogP contribution is 2.21. The van der Waals surface area contributed by atoms with E-state index >= 15 is 0 Å². The van der Waals surface area contributed by atoms with Crippen LogP contribution in [0.25, 0.3) is 0 Å². The topological polar surface area (TPSA) is 55.8 Å². The van der Waals surface area contributed by atoms with Gasteiger partial charge in [-0.15, -0.1) is 0 Å². The van der Waals surface area contributed by atoms with E-state index in [0.29, 0.717) is 5.75 Å². The zero-order valence-electron chi connectivity index (χ0n) is 9.50. The molecule has 1 aliphatic heterocycles. The summed E-state index contributed by atoms with van der Waals surface area (Å²) in [5, 5.41) is 9.34. The molecule has 1 aliphatic rings. The highest BCUT2D eigenvalue weighted by molar-refractivity contribution is 5.97. The van der Waals surface area contributed by atoms with Crippen LogP contribution in [0.3, 0.4) is 0 Å². The van der Waals surface area contributed by atoms with Crippen molar-refractivity contribution in [3.05, 3.63) is 42.5 Å². The van der Waals surface area contributed by atoms with Gasteiger partial charge in [0.25, 0.3) is 0 Å². The number of carbonyl (C=O) groups excluding carboxylic acids is 1. The molecule has 2 rings (SSSR count). The van der Waals surface area contributed by atoms with Crippen molar-refractivity contribution in [2.45, 2.75) is 18.8 Å². The Morgan fingerprint density at radius 3 is 2.82 bits per heavy atom. The fourth-order valence-electron chi connectivity index (χ4n) is 1.55. The predicted molar refractivity (Wildman–Crippen MR) is 61.6 cm³/mol. The third kappa shape index (κ3) is 2.72. The van der Waals surface area contributed by atoms with Gasteiger partial charge < -0.3 is 14.6 Å². The molecule has 0 fully saturated rings. The smallest absolute Gasteiger partial charge is 0.190 e. The third-order valence-corrected chi connectivity index (χ3v) is 2.57. The number of aliphatic hydroxyl groups is 1. The molecule has 0 aromatic heterocycles. The summed E-state index contributed by atoms with van der Waals surface area (Å²) in [6.07, 6.45) is 1.58. The Labute approximate surface area is 99.5 Å². The zero-order valence-corrected chi connectivity index (χ0v) is 9.50. The first-order valence-corrected chi connectivity index (χ1v) is 5.36. The summed E-state index contributed by atoms with van der Waals surface area (Å²) in [6, 6.07) is 9.15. The van der Waals surface area contributed by atoms with E-state index in [1.165, 1.54) is 12.2 Å². The molecule has 0 aliphatic carbocycles. The molecular formula is C13H14O4. The van der Waals surface area contributed by atoms with Gasteiger partial charge in [0.15, 0.2) is 17.7 Å². The molecule has 2 unspecified atom stereocenters. The average Bonchev–Trinajstić information content (AvgIpc) is 2.33. The first kappa shape index (κ1) is 11.8. The van der Waals surface area contributed by atoms with E-state index in [9.17, 15) is 9.90 Å². The maximum Gasteiger partial charge on any atom is 0.190 e. The molecule has 17 heavy (non-hydrogen) atoms. The Bertz CT molecular complexity index is 426. The van der Waals surface area contributed by atoms with Crippen LogP contribution in [0.5, 0.6) is 5.75 Å². The number of ketones is 1. The molecule has 0 amide bonds. The Kier molecular flexibility index (Phi) is 3.26. The van der Waals surface area contributed by atoms with Crippen molar-refractivity contribution in [1.29, 1.82) is 0 Å². The molecule has 4 nitrogen and oxygen atoms in total. The summed E-state index contributed by atoms with van der Waals surface area (Å²) in [5.41, 5.74) is -1.13. The lowest BCUT2D eigenvalue weighted by molar-refractivity contribution is -0.181. The average molecular weight is 234 g/mol.